The Morgan fingerprint density at radius 2 is 2.26 bits per heavy atom. The second-order valence-corrected chi connectivity index (χ2v) is 3.88. The molecule has 0 aliphatic heterocycles. The van der Waals surface area contributed by atoms with Gasteiger partial charge in [0.15, 0.2) is 0 Å². The van der Waals surface area contributed by atoms with E-state index in [0.29, 0.717) is 18.5 Å². The van der Waals surface area contributed by atoms with Crippen molar-refractivity contribution >= 4 is 17.7 Å². The van der Waals surface area contributed by atoms with Gasteiger partial charge < -0.3 is 15.7 Å². The van der Waals surface area contributed by atoms with Gasteiger partial charge in [0.25, 0.3) is 0 Å². The molecule has 0 bridgehead atoms. The molecule has 6 nitrogen and oxygen atoms in total. The van der Waals surface area contributed by atoms with Crippen molar-refractivity contribution in [2.45, 2.75) is 25.8 Å². The molecule has 0 fully saturated rings. The molecule has 1 rings (SSSR count). The van der Waals surface area contributed by atoms with Crippen molar-refractivity contribution in [2.75, 3.05) is 5.32 Å². The lowest BCUT2D eigenvalue weighted by Gasteiger charge is -2.14. The topological polar surface area (TPSA) is 91.3 Å². The number of amides is 2. The molecule has 1 aromatic heterocycles. The van der Waals surface area contributed by atoms with Crippen LogP contribution >= 0.6 is 0 Å². The molecule has 3 N–H and O–H groups in total. The number of carbonyl (C=O) groups excluding carboxylic acids is 1. The fourth-order valence-electron chi connectivity index (χ4n) is 1.42. The van der Waals surface area contributed by atoms with E-state index in [1.54, 1.807) is 0 Å². The van der Waals surface area contributed by atoms with Crippen LogP contribution in [0.1, 0.15) is 30.1 Å². The van der Waals surface area contributed by atoms with Crippen LogP contribution in [0.3, 0.4) is 0 Å². The SMILES string of the molecule is C#CCC(CC)NC(=O)Nc1cncc(C(=O)O)c1. The number of hydrogen-bond acceptors (Lipinski definition) is 3. The largest absolute Gasteiger partial charge is 0.478 e. The van der Waals surface area contributed by atoms with E-state index in [9.17, 15) is 9.59 Å². The monoisotopic (exact) mass is 261 g/mol. The van der Waals surface area contributed by atoms with Gasteiger partial charge in [0.2, 0.25) is 0 Å². The van der Waals surface area contributed by atoms with Gasteiger partial charge in [-0.15, -0.1) is 12.3 Å². The molecule has 0 aliphatic rings. The number of rotatable bonds is 5. The number of terminal acetylenes is 1. The van der Waals surface area contributed by atoms with Crippen molar-refractivity contribution in [3.05, 3.63) is 24.0 Å². The molecular weight excluding hydrogens is 246 g/mol. The summed E-state index contributed by atoms with van der Waals surface area (Å²) in [5.41, 5.74) is 0.321. The Morgan fingerprint density at radius 3 is 2.84 bits per heavy atom. The summed E-state index contributed by atoms with van der Waals surface area (Å²) < 4.78 is 0. The van der Waals surface area contributed by atoms with E-state index in [2.05, 4.69) is 21.5 Å². The maximum atomic E-state index is 11.7. The predicted octanol–water partition coefficient (Wildman–Crippen LogP) is 1.70. The Hall–Kier alpha value is -2.55. The first-order valence-electron chi connectivity index (χ1n) is 5.76. The number of hydrogen-bond donors (Lipinski definition) is 3. The molecule has 19 heavy (non-hydrogen) atoms. The number of aromatic carboxylic acids is 1. The minimum atomic E-state index is -1.10. The number of carboxylic acid groups (broad SMARTS) is 1. The second-order valence-electron chi connectivity index (χ2n) is 3.88. The zero-order chi connectivity index (χ0) is 14.3. The van der Waals surface area contributed by atoms with E-state index < -0.39 is 12.0 Å². The number of urea groups is 1. The first-order valence-corrected chi connectivity index (χ1v) is 5.76. The molecule has 1 unspecified atom stereocenters. The lowest BCUT2D eigenvalue weighted by atomic mass is 10.1. The van der Waals surface area contributed by atoms with Crippen LogP contribution in [-0.4, -0.2) is 28.1 Å². The van der Waals surface area contributed by atoms with Gasteiger partial charge in [0.1, 0.15) is 0 Å². The first kappa shape index (κ1) is 14.5. The Bertz CT molecular complexity index is 508. The average molecular weight is 261 g/mol. The summed E-state index contributed by atoms with van der Waals surface area (Å²) in [7, 11) is 0. The molecule has 1 heterocycles. The van der Waals surface area contributed by atoms with Gasteiger partial charge in [0.05, 0.1) is 17.4 Å². The molecule has 0 aromatic carbocycles. The molecule has 100 valence electrons. The van der Waals surface area contributed by atoms with Crippen LogP contribution in [0.5, 0.6) is 0 Å². The Kier molecular flexibility index (Phi) is 5.35. The summed E-state index contributed by atoms with van der Waals surface area (Å²) in [5, 5.41) is 14.0. The highest BCUT2D eigenvalue weighted by Crippen LogP contribution is 2.08. The van der Waals surface area contributed by atoms with E-state index in [1.165, 1.54) is 18.5 Å². The van der Waals surface area contributed by atoms with Crippen molar-refractivity contribution in [1.82, 2.24) is 10.3 Å². The molecule has 1 atom stereocenters. The molecule has 6 heteroatoms. The maximum absolute atomic E-state index is 11.7. The zero-order valence-corrected chi connectivity index (χ0v) is 10.5. The summed E-state index contributed by atoms with van der Waals surface area (Å²) in [4.78, 5) is 26.2. The van der Waals surface area contributed by atoms with E-state index in [1.807, 2.05) is 6.92 Å². The normalized spacial score (nSPS) is 11.2. The van der Waals surface area contributed by atoms with Crippen LogP contribution in [0.15, 0.2) is 18.5 Å². The first-order chi connectivity index (χ1) is 9.06. The van der Waals surface area contributed by atoms with Gasteiger partial charge in [-0.2, -0.15) is 0 Å². The maximum Gasteiger partial charge on any atom is 0.337 e. The van der Waals surface area contributed by atoms with Crippen LogP contribution < -0.4 is 10.6 Å². The quantitative estimate of drug-likeness (QED) is 0.703. The third-order valence-electron chi connectivity index (χ3n) is 2.44. The van der Waals surface area contributed by atoms with E-state index in [4.69, 9.17) is 11.5 Å². The number of nitrogens with one attached hydrogen (secondary N) is 2. The van der Waals surface area contributed by atoms with Crippen molar-refractivity contribution < 1.29 is 14.7 Å². The second kappa shape index (κ2) is 7.01. The highest BCUT2D eigenvalue weighted by atomic mass is 16.4. The summed E-state index contributed by atoms with van der Waals surface area (Å²) in [6.45, 7) is 1.91. The number of aromatic nitrogens is 1. The lowest BCUT2D eigenvalue weighted by molar-refractivity contribution is 0.0696. The Labute approximate surface area is 111 Å². The molecular formula is C13H15N3O3. The summed E-state index contributed by atoms with van der Waals surface area (Å²) in [6, 6.07) is 0.781. The van der Waals surface area contributed by atoms with Crippen LogP contribution in [0.25, 0.3) is 0 Å². The standard InChI is InChI=1S/C13H15N3O3/c1-3-5-10(4-2)15-13(19)16-11-6-9(12(17)18)7-14-8-11/h1,6-8,10H,4-5H2,2H3,(H,17,18)(H2,15,16,19). The van der Waals surface area contributed by atoms with Crippen LogP contribution in [0.4, 0.5) is 10.5 Å². The third-order valence-corrected chi connectivity index (χ3v) is 2.44. The molecule has 0 radical (unpaired) electrons. The minimum absolute atomic E-state index is 0.00784. The van der Waals surface area contributed by atoms with E-state index >= 15 is 0 Å². The van der Waals surface area contributed by atoms with Crippen molar-refractivity contribution in [2.24, 2.45) is 0 Å². The van der Waals surface area contributed by atoms with Gasteiger partial charge in [-0.25, -0.2) is 9.59 Å². The number of anilines is 1. The number of pyridine rings is 1. The summed E-state index contributed by atoms with van der Waals surface area (Å²) in [5.74, 6) is 1.38. The Balaban J connectivity index is 2.64. The van der Waals surface area contributed by atoms with Crippen LogP contribution in [0.2, 0.25) is 0 Å². The van der Waals surface area contributed by atoms with Crippen molar-refractivity contribution in [1.29, 1.82) is 0 Å². The molecule has 0 saturated carbocycles. The molecule has 0 aliphatic carbocycles. The summed E-state index contributed by atoms with van der Waals surface area (Å²) >= 11 is 0. The number of carbonyl (C=O) groups is 2. The van der Waals surface area contributed by atoms with Gasteiger partial charge >= 0.3 is 12.0 Å². The smallest absolute Gasteiger partial charge is 0.337 e. The Morgan fingerprint density at radius 1 is 1.53 bits per heavy atom. The zero-order valence-electron chi connectivity index (χ0n) is 10.5. The van der Waals surface area contributed by atoms with Crippen molar-refractivity contribution in [3.63, 3.8) is 0 Å². The minimum Gasteiger partial charge on any atom is -0.478 e. The fraction of sp³-hybridized carbons (Fsp3) is 0.308. The average Bonchev–Trinajstić information content (AvgIpc) is 2.38. The number of nitrogens with zero attached hydrogens (tertiary/aromatic N) is 1. The number of carboxylic acids is 1. The highest BCUT2D eigenvalue weighted by molar-refractivity contribution is 5.92. The van der Waals surface area contributed by atoms with Gasteiger partial charge in [-0.3, -0.25) is 4.98 Å². The van der Waals surface area contributed by atoms with Crippen LogP contribution in [0, 0.1) is 12.3 Å². The van der Waals surface area contributed by atoms with E-state index in [0.717, 1.165) is 0 Å². The lowest BCUT2D eigenvalue weighted by Crippen LogP contribution is -2.37. The highest BCUT2D eigenvalue weighted by Gasteiger charge is 2.10. The molecule has 1 aromatic rings. The molecule has 2 amide bonds. The van der Waals surface area contributed by atoms with Crippen molar-refractivity contribution in [3.8, 4) is 12.3 Å². The predicted molar refractivity (Wildman–Crippen MR) is 70.9 cm³/mol. The molecule has 0 spiro atoms. The van der Waals surface area contributed by atoms with Gasteiger partial charge in [0, 0.05) is 18.7 Å². The third kappa shape index (κ3) is 4.68. The molecule has 0 saturated heterocycles. The summed E-state index contributed by atoms with van der Waals surface area (Å²) in [6.07, 6.45) is 8.92. The fourth-order valence-corrected chi connectivity index (χ4v) is 1.42. The van der Waals surface area contributed by atoms with Gasteiger partial charge in [-0.1, -0.05) is 6.92 Å². The van der Waals surface area contributed by atoms with Gasteiger partial charge in [-0.05, 0) is 12.5 Å². The van der Waals surface area contributed by atoms with Crippen LogP contribution in [-0.2, 0) is 0 Å². The van der Waals surface area contributed by atoms with E-state index in [-0.39, 0.29) is 11.6 Å².